The summed E-state index contributed by atoms with van der Waals surface area (Å²) < 4.78 is 33.4. The second-order valence-electron chi connectivity index (χ2n) is 7.28. The maximum Gasteiger partial charge on any atom is 0.345 e. The van der Waals surface area contributed by atoms with Crippen molar-refractivity contribution in [2.75, 3.05) is 5.32 Å². The summed E-state index contributed by atoms with van der Waals surface area (Å²) in [5, 5.41) is 3.44. The number of nitrogens with one attached hydrogen (secondary N) is 2. The van der Waals surface area contributed by atoms with Gasteiger partial charge in [0.1, 0.15) is 4.90 Å². The van der Waals surface area contributed by atoms with Crippen LogP contribution < -0.4 is 11.0 Å². The van der Waals surface area contributed by atoms with Crippen molar-refractivity contribution >= 4 is 67.7 Å². The first-order chi connectivity index (χ1) is 14.7. The predicted octanol–water partition coefficient (Wildman–Crippen LogP) is 3.05. The van der Waals surface area contributed by atoms with Gasteiger partial charge in [0.25, 0.3) is 10.1 Å². The second kappa shape index (κ2) is 7.95. The molecule has 32 heavy (non-hydrogen) atoms. The van der Waals surface area contributed by atoms with Crippen LogP contribution in [0.3, 0.4) is 0 Å². The topological polar surface area (TPSA) is 129 Å². The summed E-state index contributed by atoms with van der Waals surface area (Å²) >= 11 is 0. The number of hydrogen-bond donors (Lipinski definition) is 3. The van der Waals surface area contributed by atoms with E-state index in [9.17, 15) is 22.6 Å². The van der Waals surface area contributed by atoms with Gasteiger partial charge >= 0.3 is 5.69 Å². The van der Waals surface area contributed by atoms with E-state index in [0.717, 1.165) is 0 Å². The van der Waals surface area contributed by atoms with Crippen LogP contribution in [0.1, 0.15) is 21.5 Å². The van der Waals surface area contributed by atoms with Crippen molar-refractivity contribution < 1.29 is 17.8 Å². The number of aromatic nitrogens is 2. The molecule has 0 spiro atoms. The van der Waals surface area contributed by atoms with E-state index in [0.29, 0.717) is 39.0 Å². The maximum atomic E-state index is 13.4. The number of fused-ring (bicyclic) bond motifs is 2. The summed E-state index contributed by atoms with van der Waals surface area (Å²) in [6.07, 6.45) is 0. The number of ketones is 1. The minimum atomic E-state index is -4.51. The van der Waals surface area contributed by atoms with E-state index in [1.165, 1.54) is 12.1 Å². The average molecular weight is 456 g/mol. The smallest absolute Gasteiger partial charge is 0.345 e. The molecule has 0 aliphatic heterocycles. The van der Waals surface area contributed by atoms with Crippen LogP contribution in [0, 0.1) is 6.92 Å². The summed E-state index contributed by atoms with van der Waals surface area (Å²) in [6.45, 7) is 1.70. The van der Waals surface area contributed by atoms with E-state index in [4.69, 9.17) is 0 Å². The first-order valence-electron chi connectivity index (χ1n) is 9.30. The quantitative estimate of drug-likeness (QED) is 0.281. The van der Waals surface area contributed by atoms with Crippen molar-refractivity contribution in [3.05, 3.63) is 81.8 Å². The van der Waals surface area contributed by atoms with Gasteiger partial charge in [0.15, 0.2) is 5.78 Å². The van der Waals surface area contributed by atoms with Gasteiger partial charge < -0.3 is 10.3 Å². The van der Waals surface area contributed by atoms with Crippen LogP contribution in [-0.2, 0) is 10.1 Å². The number of aromatic amines is 1. The molecule has 1 aliphatic carbocycles. The van der Waals surface area contributed by atoms with E-state index in [1.807, 2.05) is 0 Å². The molecule has 3 N–H and O–H groups in total. The molecule has 1 aliphatic rings. The van der Waals surface area contributed by atoms with Crippen LogP contribution in [0.15, 0.2) is 64.3 Å². The zero-order valence-electron chi connectivity index (χ0n) is 17.1. The van der Waals surface area contributed by atoms with E-state index < -0.39 is 15.8 Å². The molecule has 155 valence electrons. The zero-order valence-corrected chi connectivity index (χ0v) is 19.9. The SMILES string of the molecule is Cc1ccc(Nc2ccc3[nH]c(=O)nc4c3c2C(=O)c2ccccc2-4)c(S(=O)(=O)O)c1.[Na]. The van der Waals surface area contributed by atoms with E-state index in [-0.39, 0.29) is 51.5 Å². The Morgan fingerprint density at radius 3 is 2.38 bits per heavy atom. The first-order valence-corrected chi connectivity index (χ1v) is 10.7. The third-order valence-corrected chi connectivity index (χ3v) is 6.13. The molecule has 8 nitrogen and oxygen atoms in total. The average Bonchev–Trinajstić information content (AvgIpc) is 2.72. The van der Waals surface area contributed by atoms with Gasteiger partial charge in [-0.2, -0.15) is 13.4 Å². The Bertz CT molecular complexity index is 1600. The molecule has 0 atom stereocenters. The third-order valence-electron chi connectivity index (χ3n) is 5.24. The Hall–Kier alpha value is -2.82. The Labute approximate surface area is 204 Å². The number of anilines is 2. The van der Waals surface area contributed by atoms with Crippen molar-refractivity contribution in [1.29, 1.82) is 0 Å². The molecule has 5 rings (SSSR count). The summed E-state index contributed by atoms with van der Waals surface area (Å²) in [4.78, 5) is 31.9. The second-order valence-corrected chi connectivity index (χ2v) is 8.67. The van der Waals surface area contributed by atoms with Crippen LogP contribution in [0.4, 0.5) is 11.4 Å². The fourth-order valence-corrected chi connectivity index (χ4v) is 4.63. The van der Waals surface area contributed by atoms with Gasteiger partial charge in [-0.1, -0.05) is 30.3 Å². The minimum Gasteiger partial charge on any atom is -0.354 e. The number of nitrogens with zero attached hydrogens (tertiary/aromatic N) is 1. The Morgan fingerprint density at radius 1 is 0.969 bits per heavy atom. The van der Waals surface area contributed by atoms with Crippen molar-refractivity contribution in [2.24, 2.45) is 0 Å². The minimum absolute atomic E-state index is 0. The Balaban J connectivity index is 0.00000245. The number of carbonyl (C=O) groups is 1. The Morgan fingerprint density at radius 2 is 1.66 bits per heavy atom. The summed E-state index contributed by atoms with van der Waals surface area (Å²) in [5.41, 5.74) is 2.59. The van der Waals surface area contributed by atoms with Gasteiger partial charge in [0, 0.05) is 46.1 Å². The molecule has 0 saturated heterocycles. The molecular weight excluding hydrogens is 441 g/mol. The van der Waals surface area contributed by atoms with Crippen LogP contribution in [-0.4, -0.2) is 58.3 Å². The van der Waals surface area contributed by atoms with Gasteiger partial charge in [-0.05, 0) is 36.8 Å². The van der Waals surface area contributed by atoms with Crippen molar-refractivity contribution in [2.45, 2.75) is 11.8 Å². The standard InChI is InChI=1S/C22H15N3O5S.Na/c1-11-6-7-14(17(10-11)31(28,29)30)23-16-9-8-15-18-19(16)21(26)13-5-3-2-4-12(13)20(18)25-22(27)24-15;/h2-10,23H,1H3,(H,24,25,27)(H,28,29,30);. The summed E-state index contributed by atoms with van der Waals surface area (Å²) in [5.74, 6) is -0.287. The molecule has 1 radical (unpaired) electrons. The van der Waals surface area contributed by atoms with Crippen LogP contribution in [0.25, 0.3) is 22.2 Å². The molecule has 10 heteroatoms. The van der Waals surface area contributed by atoms with Crippen LogP contribution in [0.2, 0.25) is 0 Å². The predicted molar refractivity (Wildman–Crippen MR) is 121 cm³/mol. The van der Waals surface area contributed by atoms with Crippen molar-refractivity contribution in [3.8, 4) is 11.3 Å². The van der Waals surface area contributed by atoms with E-state index in [1.54, 1.807) is 49.4 Å². The van der Waals surface area contributed by atoms with E-state index in [2.05, 4.69) is 15.3 Å². The largest absolute Gasteiger partial charge is 0.354 e. The number of rotatable bonds is 3. The fourth-order valence-electron chi connectivity index (χ4n) is 3.90. The number of hydrogen-bond acceptors (Lipinski definition) is 6. The number of carbonyl (C=O) groups excluding carboxylic acids is 1. The number of aryl methyl sites for hydroxylation is 1. The molecule has 0 bridgehead atoms. The molecule has 1 aromatic heterocycles. The monoisotopic (exact) mass is 456 g/mol. The third kappa shape index (κ3) is 3.58. The van der Waals surface area contributed by atoms with Crippen LogP contribution in [0.5, 0.6) is 0 Å². The molecular formula is C22H15N3NaO5S. The normalized spacial score (nSPS) is 12.2. The van der Waals surface area contributed by atoms with Gasteiger partial charge in [-0.15, -0.1) is 0 Å². The molecule has 3 aromatic carbocycles. The zero-order chi connectivity index (χ0) is 21.9. The van der Waals surface area contributed by atoms with E-state index >= 15 is 0 Å². The summed E-state index contributed by atoms with van der Waals surface area (Å²) in [7, 11) is -4.51. The van der Waals surface area contributed by atoms with Crippen LogP contribution >= 0.6 is 0 Å². The molecule has 0 fully saturated rings. The van der Waals surface area contributed by atoms with Gasteiger partial charge in [-0.25, -0.2) is 4.79 Å². The van der Waals surface area contributed by atoms with Gasteiger partial charge in [0.2, 0.25) is 0 Å². The summed E-state index contributed by atoms with van der Waals surface area (Å²) in [6, 6.07) is 14.6. The first kappa shape index (κ1) is 22.4. The molecule has 0 saturated carbocycles. The number of H-pyrrole nitrogens is 1. The molecule has 4 aromatic rings. The maximum absolute atomic E-state index is 13.4. The fraction of sp³-hybridized carbons (Fsp3) is 0.0455. The van der Waals surface area contributed by atoms with Gasteiger partial charge in [0.05, 0.1) is 28.1 Å². The number of benzene rings is 3. The molecule has 0 amide bonds. The van der Waals surface area contributed by atoms with Crippen molar-refractivity contribution in [1.82, 2.24) is 9.97 Å². The van der Waals surface area contributed by atoms with Crippen molar-refractivity contribution in [3.63, 3.8) is 0 Å². The molecule has 1 heterocycles. The molecule has 0 unspecified atom stereocenters. The Kier molecular flexibility index (Phi) is 5.56. The van der Waals surface area contributed by atoms with Gasteiger partial charge in [-0.3, -0.25) is 9.35 Å².